The number of aromatic nitrogens is 3. The Balaban J connectivity index is 1.79. The third kappa shape index (κ3) is 3.74. The first kappa shape index (κ1) is 20.6. The first-order valence-electron chi connectivity index (χ1n) is 9.57. The van der Waals surface area contributed by atoms with Crippen LogP contribution in [0.25, 0.3) is 22.4 Å². The summed E-state index contributed by atoms with van der Waals surface area (Å²) in [5.74, 6) is 0.0442. The minimum atomic E-state index is -3.26. The standard InChI is InChI=1S/C19H22F4N6O/c1-28-6-5-13(11(20)9-28)25-12-3-2-4-14-10(12)7-15(29(14)18(23)17(21)22)19-26-16(8-24)30-27-19/h2-4,7,11,13,17-18,25H,5-6,8-9,24H2,1H3/t11-,13+,18?/m0/s1. The SMILES string of the molecule is CN1CC[C@@H](Nc2cccc3c2cc(-c2noc(CN)n2)n3C(F)C(F)F)[C@@H](F)C1. The van der Waals surface area contributed by atoms with E-state index in [1.807, 2.05) is 11.9 Å². The second-order valence-electron chi connectivity index (χ2n) is 7.38. The molecular formula is C19H22F4N6O. The Morgan fingerprint density at radius 2 is 2.13 bits per heavy atom. The highest BCUT2D eigenvalue weighted by Crippen LogP contribution is 2.37. The van der Waals surface area contributed by atoms with Crippen molar-refractivity contribution in [2.75, 3.05) is 25.5 Å². The number of nitrogens with two attached hydrogens (primary N) is 1. The fourth-order valence-electron chi connectivity index (χ4n) is 3.79. The van der Waals surface area contributed by atoms with Crippen molar-refractivity contribution in [2.24, 2.45) is 5.73 Å². The van der Waals surface area contributed by atoms with Crippen LogP contribution in [0.2, 0.25) is 0 Å². The van der Waals surface area contributed by atoms with E-state index in [9.17, 15) is 17.6 Å². The van der Waals surface area contributed by atoms with Crippen molar-refractivity contribution in [3.63, 3.8) is 0 Å². The number of alkyl halides is 4. The van der Waals surface area contributed by atoms with Crippen LogP contribution in [0.5, 0.6) is 0 Å². The fraction of sp³-hybridized carbons (Fsp3) is 0.474. The van der Waals surface area contributed by atoms with E-state index >= 15 is 0 Å². The Bertz CT molecular complexity index is 1020. The lowest BCUT2D eigenvalue weighted by Gasteiger charge is -2.33. The average molecular weight is 426 g/mol. The van der Waals surface area contributed by atoms with E-state index in [0.717, 1.165) is 11.1 Å². The summed E-state index contributed by atoms with van der Waals surface area (Å²) in [6, 6.07) is 5.89. The molecule has 0 radical (unpaired) electrons. The molecule has 3 heterocycles. The number of rotatable bonds is 6. The highest BCUT2D eigenvalue weighted by molar-refractivity contribution is 5.96. The fourth-order valence-corrected chi connectivity index (χ4v) is 3.79. The summed E-state index contributed by atoms with van der Waals surface area (Å²) < 4.78 is 61.4. The summed E-state index contributed by atoms with van der Waals surface area (Å²) in [6.07, 6.45) is -6.40. The number of nitrogens with zero attached hydrogens (tertiary/aromatic N) is 4. The van der Waals surface area contributed by atoms with Crippen molar-refractivity contribution >= 4 is 16.6 Å². The summed E-state index contributed by atoms with van der Waals surface area (Å²) in [5, 5.41) is 7.36. The minimum Gasteiger partial charge on any atom is -0.379 e. The summed E-state index contributed by atoms with van der Waals surface area (Å²) in [7, 11) is 1.85. The highest BCUT2D eigenvalue weighted by Gasteiger charge is 2.30. The third-order valence-corrected chi connectivity index (χ3v) is 5.30. The average Bonchev–Trinajstić information content (AvgIpc) is 3.34. The molecule has 1 aliphatic rings. The van der Waals surface area contributed by atoms with Crippen molar-refractivity contribution in [1.29, 1.82) is 0 Å². The van der Waals surface area contributed by atoms with Crippen LogP contribution in [0.15, 0.2) is 28.8 Å². The van der Waals surface area contributed by atoms with E-state index in [1.165, 1.54) is 12.1 Å². The zero-order chi connectivity index (χ0) is 21.4. The normalized spacial score (nSPS) is 21.4. The molecule has 1 saturated heterocycles. The minimum absolute atomic E-state index is 0.0238. The van der Waals surface area contributed by atoms with Gasteiger partial charge in [-0.2, -0.15) is 4.98 Å². The van der Waals surface area contributed by atoms with Gasteiger partial charge in [0.05, 0.1) is 23.8 Å². The van der Waals surface area contributed by atoms with Crippen LogP contribution in [0.3, 0.4) is 0 Å². The van der Waals surface area contributed by atoms with Gasteiger partial charge in [-0.3, -0.25) is 0 Å². The van der Waals surface area contributed by atoms with Crippen molar-refractivity contribution in [2.45, 2.75) is 37.9 Å². The summed E-state index contributed by atoms with van der Waals surface area (Å²) in [6.45, 7) is 0.980. The molecule has 3 aromatic rings. The number of anilines is 1. The van der Waals surface area contributed by atoms with Gasteiger partial charge >= 0.3 is 0 Å². The molecule has 3 N–H and O–H groups in total. The van der Waals surface area contributed by atoms with Crippen molar-refractivity contribution in [3.05, 3.63) is 30.2 Å². The van der Waals surface area contributed by atoms with Crippen LogP contribution in [-0.2, 0) is 6.54 Å². The van der Waals surface area contributed by atoms with Crippen molar-refractivity contribution in [3.8, 4) is 11.5 Å². The quantitative estimate of drug-likeness (QED) is 0.588. The number of nitrogens with one attached hydrogen (secondary N) is 1. The molecule has 30 heavy (non-hydrogen) atoms. The van der Waals surface area contributed by atoms with Crippen LogP contribution in [0, 0.1) is 0 Å². The van der Waals surface area contributed by atoms with Crippen LogP contribution in [0.4, 0.5) is 23.2 Å². The van der Waals surface area contributed by atoms with Gasteiger partial charge in [0, 0.05) is 24.2 Å². The highest BCUT2D eigenvalue weighted by atomic mass is 19.3. The van der Waals surface area contributed by atoms with Gasteiger partial charge in [0.2, 0.25) is 18.0 Å². The Hall–Kier alpha value is -2.66. The lowest BCUT2D eigenvalue weighted by molar-refractivity contribution is 0.0114. The first-order valence-corrected chi connectivity index (χ1v) is 9.57. The van der Waals surface area contributed by atoms with Gasteiger partial charge in [0.1, 0.15) is 6.17 Å². The van der Waals surface area contributed by atoms with Crippen LogP contribution < -0.4 is 11.1 Å². The van der Waals surface area contributed by atoms with E-state index in [2.05, 4.69) is 15.5 Å². The van der Waals surface area contributed by atoms with E-state index in [-0.39, 0.29) is 29.5 Å². The molecule has 1 aliphatic heterocycles. The number of likely N-dealkylation sites (tertiary alicyclic amines) is 1. The Morgan fingerprint density at radius 3 is 2.80 bits per heavy atom. The maximum absolute atomic E-state index is 14.6. The second-order valence-corrected chi connectivity index (χ2v) is 7.38. The third-order valence-electron chi connectivity index (χ3n) is 5.30. The Labute approximate surface area is 169 Å². The molecule has 0 saturated carbocycles. The molecule has 1 unspecified atom stereocenters. The van der Waals surface area contributed by atoms with Gasteiger partial charge in [-0.25, -0.2) is 17.6 Å². The molecule has 0 bridgehead atoms. The van der Waals surface area contributed by atoms with Gasteiger partial charge in [-0.1, -0.05) is 11.2 Å². The lowest BCUT2D eigenvalue weighted by Crippen LogP contribution is -2.46. The van der Waals surface area contributed by atoms with Crippen LogP contribution >= 0.6 is 0 Å². The van der Waals surface area contributed by atoms with Gasteiger partial charge in [-0.15, -0.1) is 0 Å². The van der Waals surface area contributed by atoms with E-state index < -0.39 is 24.9 Å². The first-order chi connectivity index (χ1) is 14.4. The summed E-state index contributed by atoms with van der Waals surface area (Å²) in [4.78, 5) is 5.94. The smallest absolute Gasteiger partial charge is 0.288 e. The second kappa shape index (κ2) is 8.23. The molecule has 4 rings (SSSR count). The van der Waals surface area contributed by atoms with Crippen molar-refractivity contribution in [1.82, 2.24) is 19.6 Å². The molecule has 2 aromatic heterocycles. The number of fused-ring (bicyclic) bond motifs is 1. The molecule has 0 amide bonds. The van der Waals surface area contributed by atoms with Crippen LogP contribution in [-0.4, -0.2) is 58.4 Å². The van der Waals surface area contributed by atoms with Gasteiger partial charge in [0.15, 0.2) is 0 Å². The molecule has 0 aliphatic carbocycles. The van der Waals surface area contributed by atoms with Crippen molar-refractivity contribution < 1.29 is 22.1 Å². The summed E-state index contributed by atoms with van der Waals surface area (Å²) in [5.41, 5.74) is 6.23. The Kier molecular flexibility index (Phi) is 5.65. The maximum atomic E-state index is 14.6. The monoisotopic (exact) mass is 426 g/mol. The molecule has 162 valence electrons. The number of hydrogen-bond acceptors (Lipinski definition) is 6. The molecule has 11 heteroatoms. The largest absolute Gasteiger partial charge is 0.379 e. The van der Waals surface area contributed by atoms with Crippen LogP contribution in [0.1, 0.15) is 18.6 Å². The maximum Gasteiger partial charge on any atom is 0.288 e. The predicted molar refractivity (Wildman–Crippen MR) is 104 cm³/mol. The summed E-state index contributed by atoms with van der Waals surface area (Å²) >= 11 is 0. The Morgan fingerprint density at radius 1 is 1.33 bits per heavy atom. The molecule has 0 spiro atoms. The zero-order valence-corrected chi connectivity index (χ0v) is 16.2. The molecule has 1 fully saturated rings. The number of halogens is 4. The van der Waals surface area contributed by atoms with Gasteiger partial charge < -0.3 is 25.0 Å². The molecule has 3 atom stereocenters. The molecule has 7 nitrogen and oxygen atoms in total. The predicted octanol–water partition coefficient (Wildman–Crippen LogP) is 3.34. The van der Waals surface area contributed by atoms with Gasteiger partial charge in [0.25, 0.3) is 6.43 Å². The number of hydrogen-bond donors (Lipinski definition) is 2. The number of benzene rings is 1. The van der Waals surface area contributed by atoms with E-state index in [4.69, 9.17) is 10.3 Å². The molecular weight excluding hydrogens is 404 g/mol. The number of piperidine rings is 1. The lowest BCUT2D eigenvalue weighted by atomic mass is 10.0. The topological polar surface area (TPSA) is 85.1 Å². The molecule has 1 aromatic carbocycles. The van der Waals surface area contributed by atoms with E-state index in [0.29, 0.717) is 24.0 Å². The van der Waals surface area contributed by atoms with Gasteiger partial charge in [-0.05, 0) is 31.7 Å². The van der Waals surface area contributed by atoms with E-state index in [1.54, 1.807) is 12.1 Å². The zero-order valence-electron chi connectivity index (χ0n) is 16.2.